The van der Waals surface area contributed by atoms with Crippen LogP contribution >= 0.6 is 0 Å². The number of alkyl halides is 3. The number of carboxylic acid groups (broad SMARTS) is 1. The Morgan fingerprint density at radius 2 is 1.86 bits per heavy atom. The molecule has 0 spiro atoms. The summed E-state index contributed by atoms with van der Waals surface area (Å²) in [6.45, 7) is 2.29. The third-order valence-electron chi connectivity index (χ3n) is 5.29. The number of benzene rings is 1. The number of rotatable bonds is 7. The molecule has 1 aromatic carbocycles. The van der Waals surface area contributed by atoms with E-state index in [1.807, 2.05) is 52.3 Å². The molecule has 0 saturated heterocycles. The Morgan fingerprint density at radius 3 is 2.47 bits per heavy atom. The number of hydrogen-bond donors (Lipinski definition) is 3. The SMILES string of the molecule is CC(C)(C(=O)O)n1cc(-c2ccn3c(-c4cccc(NC=O)c4)cnc3c2)cn1.CNCC(F)(F)F. The predicted octanol–water partition coefficient (Wildman–Crippen LogP) is 4.02. The first-order chi connectivity index (χ1) is 17.0. The van der Waals surface area contributed by atoms with E-state index in [1.54, 1.807) is 32.4 Å². The first-order valence-electron chi connectivity index (χ1n) is 10.7. The molecule has 0 aliphatic carbocycles. The molecule has 12 heteroatoms. The molecule has 1 amide bonds. The second-order valence-electron chi connectivity index (χ2n) is 8.31. The molecular formula is C24H25F3N6O3. The second kappa shape index (κ2) is 10.6. The van der Waals surface area contributed by atoms with Crippen LogP contribution in [0.2, 0.25) is 0 Å². The summed E-state index contributed by atoms with van der Waals surface area (Å²) in [6.07, 6.45) is 3.64. The Hall–Kier alpha value is -4.19. The number of nitrogens with zero attached hydrogens (tertiary/aromatic N) is 4. The van der Waals surface area contributed by atoms with E-state index in [1.165, 1.54) is 11.7 Å². The maximum atomic E-state index is 11.4. The standard InChI is InChI=1S/C21H19N5O3.C3H6F3N/c1-21(2,20(28)29)26-12-16(10-24-26)14-6-7-25-18(11-22-19(25)9-14)15-4-3-5-17(8-15)23-13-27;1-7-2-3(4,5)6/h3-13H,1-2H3,(H,23,27)(H,28,29);7H,2H2,1H3. The average Bonchev–Trinajstić information content (AvgIpc) is 3.47. The zero-order valence-electron chi connectivity index (χ0n) is 19.7. The Bertz CT molecular complexity index is 1360. The van der Waals surface area contributed by atoms with Gasteiger partial charge in [-0.05, 0) is 50.7 Å². The van der Waals surface area contributed by atoms with Crippen molar-refractivity contribution in [3.05, 3.63) is 61.2 Å². The minimum Gasteiger partial charge on any atom is -0.479 e. The van der Waals surface area contributed by atoms with Crippen molar-refractivity contribution in [1.29, 1.82) is 0 Å². The maximum Gasteiger partial charge on any atom is 0.401 e. The number of carbonyl (C=O) groups is 2. The molecule has 0 atom stereocenters. The number of aliphatic carboxylic acids is 1. The van der Waals surface area contributed by atoms with E-state index in [0.717, 1.165) is 28.0 Å². The van der Waals surface area contributed by atoms with Crippen LogP contribution in [0.15, 0.2) is 61.2 Å². The number of fused-ring (bicyclic) bond motifs is 1. The van der Waals surface area contributed by atoms with Crippen molar-refractivity contribution < 1.29 is 27.9 Å². The topological polar surface area (TPSA) is 114 Å². The van der Waals surface area contributed by atoms with Crippen molar-refractivity contribution in [2.24, 2.45) is 0 Å². The van der Waals surface area contributed by atoms with Crippen molar-refractivity contribution >= 4 is 23.7 Å². The second-order valence-corrected chi connectivity index (χ2v) is 8.31. The van der Waals surface area contributed by atoms with Crippen LogP contribution in [0.25, 0.3) is 28.0 Å². The number of nitrogens with one attached hydrogen (secondary N) is 2. The van der Waals surface area contributed by atoms with E-state index in [9.17, 15) is 27.9 Å². The molecule has 0 unspecified atom stereocenters. The lowest BCUT2D eigenvalue weighted by molar-refractivity contribution is -0.146. The molecule has 0 radical (unpaired) electrons. The quantitative estimate of drug-likeness (QED) is 0.329. The fourth-order valence-electron chi connectivity index (χ4n) is 3.29. The number of carbonyl (C=O) groups excluding carboxylic acids is 1. The van der Waals surface area contributed by atoms with Gasteiger partial charge in [0.2, 0.25) is 6.41 Å². The van der Waals surface area contributed by atoms with Gasteiger partial charge in [-0.1, -0.05) is 12.1 Å². The van der Waals surface area contributed by atoms with Crippen LogP contribution in [0, 0.1) is 0 Å². The first-order valence-corrected chi connectivity index (χ1v) is 10.7. The van der Waals surface area contributed by atoms with Crippen LogP contribution < -0.4 is 10.6 Å². The highest BCUT2D eigenvalue weighted by atomic mass is 19.4. The van der Waals surface area contributed by atoms with Gasteiger partial charge >= 0.3 is 12.1 Å². The minimum absolute atomic E-state index is 0.645. The molecule has 3 heterocycles. The summed E-state index contributed by atoms with van der Waals surface area (Å²) in [4.78, 5) is 26.6. The summed E-state index contributed by atoms with van der Waals surface area (Å²) in [5, 5.41) is 18.2. The van der Waals surface area contributed by atoms with Gasteiger partial charge in [0.05, 0.1) is 24.6 Å². The van der Waals surface area contributed by atoms with E-state index >= 15 is 0 Å². The van der Waals surface area contributed by atoms with E-state index in [-0.39, 0.29) is 0 Å². The Balaban J connectivity index is 0.000000454. The van der Waals surface area contributed by atoms with Gasteiger partial charge in [0.1, 0.15) is 5.65 Å². The van der Waals surface area contributed by atoms with Crippen LogP contribution in [-0.4, -0.2) is 56.4 Å². The first kappa shape index (κ1) is 26.4. The summed E-state index contributed by atoms with van der Waals surface area (Å²) in [6, 6.07) is 11.4. The predicted molar refractivity (Wildman–Crippen MR) is 128 cm³/mol. The summed E-state index contributed by atoms with van der Waals surface area (Å²) < 4.78 is 36.4. The van der Waals surface area contributed by atoms with Gasteiger partial charge in [-0.2, -0.15) is 18.3 Å². The van der Waals surface area contributed by atoms with Crippen molar-refractivity contribution in [2.75, 3.05) is 18.9 Å². The molecule has 4 aromatic rings. The van der Waals surface area contributed by atoms with E-state index in [0.29, 0.717) is 12.1 Å². The number of aromatic nitrogens is 4. The van der Waals surface area contributed by atoms with E-state index in [4.69, 9.17) is 0 Å². The zero-order valence-corrected chi connectivity index (χ0v) is 19.7. The molecular weight excluding hydrogens is 477 g/mol. The number of anilines is 1. The van der Waals surface area contributed by atoms with Crippen molar-refractivity contribution in [1.82, 2.24) is 24.5 Å². The molecule has 0 bridgehead atoms. The lowest BCUT2D eigenvalue weighted by Gasteiger charge is -2.19. The third-order valence-corrected chi connectivity index (χ3v) is 5.29. The van der Waals surface area contributed by atoms with Crippen LogP contribution in [0.1, 0.15) is 13.8 Å². The lowest BCUT2D eigenvalue weighted by atomic mass is 10.1. The van der Waals surface area contributed by atoms with Gasteiger partial charge in [-0.25, -0.2) is 9.78 Å². The van der Waals surface area contributed by atoms with Gasteiger partial charge in [-0.15, -0.1) is 0 Å². The van der Waals surface area contributed by atoms with E-state index in [2.05, 4.69) is 15.4 Å². The zero-order chi connectivity index (χ0) is 26.5. The highest BCUT2D eigenvalue weighted by Gasteiger charge is 2.30. The number of pyridine rings is 1. The van der Waals surface area contributed by atoms with Crippen molar-refractivity contribution in [2.45, 2.75) is 25.6 Å². The number of amides is 1. The smallest absolute Gasteiger partial charge is 0.401 e. The molecule has 0 fully saturated rings. The number of halogens is 3. The Labute approximate surface area is 204 Å². The highest BCUT2D eigenvalue weighted by molar-refractivity contribution is 5.77. The highest BCUT2D eigenvalue weighted by Crippen LogP contribution is 2.27. The largest absolute Gasteiger partial charge is 0.479 e. The molecule has 0 aliphatic rings. The molecule has 0 aliphatic heterocycles. The lowest BCUT2D eigenvalue weighted by Crippen LogP contribution is -2.35. The summed E-state index contributed by atoms with van der Waals surface area (Å²) >= 11 is 0. The van der Waals surface area contributed by atoms with Crippen LogP contribution in [0.5, 0.6) is 0 Å². The van der Waals surface area contributed by atoms with Crippen molar-refractivity contribution in [3.8, 4) is 22.4 Å². The third kappa shape index (κ3) is 6.08. The van der Waals surface area contributed by atoms with Gasteiger partial charge in [0.25, 0.3) is 0 Å². The number of imidazole rings is 1. The van der Waals surface area contributed by atoms with Crippen molar-refractivity contribution in [3.63, 3.8) is 0 Å². The fraction of sp³-hybridized carbons (Fsp3) is 0.250. The summed E-state index contributed by atoms with van der Waals surface area (Å²) in [5.74, 6) is -0.952. The fourth-order valence-corrected chi connectivity index (χ4v) is 3.29. The molecule has 0 saturated carbocycles. The van der Waals surface area contributed by atoms with Gasteiger partial charge < -0.3 is 15.7 Å². The van der Waals surface area contributed by atoms with Crippen LogP contribution in [-0.2, 0) is 15.1 Å². The maximum absolute atomic E-state index is 11.4. The Kier molecular flexibility index (Phi) is 7.78. The number of carboxylic acids is 1. The van der Waals surface area contributed by atoms with Crippen LogP contribution in [0.4, 0.5) is 18.9 Å². The van der Waals surface area contributed by atoms with Crippen LogP contribution in [0.3, 0.4) is 0 Å². The average molecular weight is 502 g/mol. The van der Waals surface area contributed by atoms with Gasteiger partial charge in [-0.3, -0.25) is 13.9 Å². The molecule has 3 aromatic heterocycles. The van der Waals surface area contributed by atoms with Gasteiger partial charge in [0, 0.05) is 29.2 Å². The molecule has 9 nitrogen and oxygen atoms in total. The normalized spacial score (nSPS) is 11.6. The van der Waals surface area contributed by atoms with Gasteiger partial charge in [0.15, 0.2) is 5.54 Å². The Morgan fingerprint density at radius 1 is 1.11 bits per heavy atom. The molecule has 3 N–H and O–H groups in total. The molecule has 190 valence electrons. The summed E-state index contributed by atoms with van der Waals surface area (Å²) in [7, 11) is 1.26. The number of hydrogen-bond acceptors (Lipinski definition) is 5. The minimum atomic E-state index is -4.06. The monoisotopic (exact) mass is 502 g/mol. The molecule has 4 rings (SSSR count). The molecule has 36 heavy (non-hydrogen) atoms. The summed E-state index contributed by atoms with van der Waals surface area (Å²) in [5.41, 5.74) is 3.83. The van der Waals surface area contributed by atoms with E-state index < -0.39 is 24.2 Å².